The molecule has 3 rings (SSSR count). The van der Waals surface area contributed by atoms with Crippen LogP contribution in [0.5, 0.6) is 5.75 Å². The molecule has 0 fully saturated rings. The predicted octanol–water partition coefficient (Wildman–Crippen LogP) is 2.01. The Morgan fingerprint density at radius 3 is 3.00 bits per heavy atom. The second-order valence-electron chi connectivity index (χ2n) is 5.04. The minimum absolute atomic E-state index is 0.0238. The highest BCUT2D eigenvalue weighted by Crippen LogP contribution is 2.30. The number of rotatable bonds is 4. The third-order valence-corrected chi connectivity index (χ3v) is 4.48. The van der Waals surface area contributed by atoms with Crippen LogP contribution in [-0.4, -0.2) is 23.5 Å². The number of nitrogens with one attached hydrogen (secondary N) is 1. The van der Waals surface area contributed by atoms with E-state index in [0.717, 1.165) is 4.73 Å². The number of amides is 1. The first-order chi connectivity index (χ1) is 11.0. The molecule has 118 valence electrons. The number of thioether (sulfide) groups is 1. The number of anilines is 1. The van der Waals surface area contributed by atoms with Gasteiger partial charge in [0.25, 0.3) is 10.9 Å². The van der Waals surface area contributed by atoms with Gasteiger partial charge in [-0.05, 0) is 43.0 Å². The van der Waals surface area contributed by atoms with Crippen molar-refractivity contribution in [1.82, 2.24) is 0 Å². The number of hydrogen-bond acceptors (Lipinski definition) is 5. The summed E-state index contributed by atoms with van der Waals surface area (Å²) in [5, 5.41) is 14.4. The molecule has 7 heteroatoms. The molecular weight excluding hydrogens is 316 g/mol. The van der Waals surface area contributed by atoms with Crippen molar-refractivity contribution < 1.29 is 19.1 Å². The van der Waals surface area contributed by atoms with Crippen molar-refractivity contribution in [2.75, 3.05) is 11.9 Å². The highest BCUT2D eigenvalue weighted by molar-refractivity contribution is 8.00. The lowest BCUT2D eigenvalue weighted by atomic mass is 10.1. The van der Waals surface area contributed by atoms with Gasteiger partial charge in [0, 0.05) is 17.7 Å². The fourth-order valence-electron chi connectivity index (χ4n) is 2.21. The van der Waals surface area contributed by atoms with Gasteiger partial charge in [-0.1, -0.05) is 0 Å². The Labute approximate surface area is 137 Å². The van der Waals surface area contributed by atoms with Crippen LogP contribution in [0.1, 0.15) is 17.3 Å². The summed E-state index contributed by atoms with van der Waals surface area (Å²) in [6, 6.07) is 9.97. The predicted molar refractivity (Wildman–Crippen MR) is 85.6 cm³/mol. The molecule has 2 aromatic rings. The van der Waals surface area contributed by atoms with E-state index in [9.17, 15) is 14.8 Å². The Morgan fingerprint density at radius 2 is 2.22 bits per heavy atom. The zero-order chi connectivity index (χ0) is 16.4. The lowest BCUT2D eigenvalue weighted by Gasteiger charge is -2.18. The molecule has 1 aromatic carbocycles. The van der Waals surface area contributed by atoms with E-state index in [2.05, 4.69) is 5.32 Å². The molecule has 0 radical (unpaired) electrons. The number of fused-ring (bicyclic) bond motifs is 1. The van der Waals surface area contributed by atoms with E-state index in [1.165, 1.54) is 18.0 Å². The molecule has 6 nitrogen and oxygen atoms in total. The maximum atomic E-state index is 12.5. The molecule has 0 saturated heterocycles. The van der Waals surface area contributed by atoms with Crippen molar-refractivity contribution in [2.24, 2.45) is 0 Å². The zero-order valence-corrected chi connectivity index (χ0v) is 13.1. The van der Waals surface area contributed by atoms with Gasteiger partial charge in [0.05, 0.1) is 10.9 Å². The summed E-state index contributed by atoms with van der Waals surface area (Å²) in [4.78, 5) is 23.9. The van der Waals surface area contributed by atoms with Gasteiger partial charge in [0.15, 0.2) is 18.6 Å². The van der Waals surface area contributed by atoms with Crippen molar-refractivity contribution in [2.45, 2.75) is 17.2 Å². The molecule has 1 N–H and O–H groups in total. The third-order valence-electron chi connectivity index (χ3n) is 3.35. The molecule has 0 aliphatic carbocycles. The van der Waals surface area contributed by atoms with Crippen molar-refractivity contribution in [3.05, 3.63) is 53.4 Å². The molecule has 0 spiro atoms. The van der Waals surface area contributed by atoms with Crippen LogP contribution in [0.15, 0.2) is 47.6 Å². The van der Waals surface area contributed by atoms with Crippen molar-refractivity contribution >= 4 is 29.1 Å². The smallest absolute Gasteiger partial charge is 0.262 e. The molecule has 1 aliphatic rings. The van der Waals surface area contributed by atoms with Gasteiger partial charge in [-0.15, -0.1) is 0 Å². The Hall–Kier alpha value is -2.54. The lowest BCUT2D eigenvalue weighted by Crippen LogP contribution is -2.29. The third kappa shape index (κ3) is 3.29. The highest BCUT2D eigenvalue weighted by Gasteiger charge is 2.23. The van der Waals surface area contributed by atoms with Crippen LogP contribution in [-0.2, 0) is 4.79 Å². The van der Waals surface area contributed by atoms with Gasteiger partial charge in [-0.3, -0.25) is 9.59 Å². The quantitative estimate of drug-likeness (QED) is 0.401. The van der Waals surface area contributed by atoms with Crippen LogP contribution in [0, 0.1) is 5.21 Å². The first-order valence-electron chi connectivity index (χ1n) is 7.00. The Bertz CT molecular complexity index is 778. The van der Waals surface area contributed by atoms with E-state index in [4.69, 9.17) is 4.74 Å². The Balaban J connectivity index is 1.79. The molecule has 23 heavy (non-hydrogen) atoms. The van der Waals surface area contributed by atoms with Crippen LogP contribution < -0.4 is 14.8 Å². The van der Waals surface area contributed by atoms with E-state index in [1.807, 2.05) is 0 Å². The SMILES string of the molecule is C[C@H](Sc1cccc[n+]1[O-])C(=O)c1ccc2c(c1)NC(=O)CO2. The van der Waals surface area contributed by atoms with E-state index in [0.29, 0.717) is 22.0 Å². The fourth-order valence-corrected chi connectivity index (χ4v) is 3.14. The zero-order valence-electron chi connectivity index (χ0n) is 12.3. The number of nitrogens with zero attached hydrogens (tertiary/aromatic N) is 1. The minimum atomic E-state index is -0.434. The van der Waals surface area contributed by atoms with Gasteiger partial charge in [-0.25, -0.2) is 0 Å². The first-order valence-corrected chi connectivity index (χ1v) is 7.88. The van der Waals surface area contributed by atoms with Crippen LogP contribution in [0.2, 0.25) is 0 Å². The molecule has 2 heterocycles. The van der Waals surface area contributed by atoms with Gasteiger partial charge >= 0.3 is 0 Å². The number of ether oxygens (including phenoxy) is 1. The van der Waals surface area contributed by atoms with Crippen LogP contribution in [0.4, 0.5) is 5.69 Å². The Kier molecular flexibility index (Phi) is 4.20. The van der Waals surface area contributed by atoms with Crippen LogP contribution >= 0.6 is 11.8 Å². The number of carbonyl (C=O) groups excluding carboxylic acids is 2. The number of Topliss-reactive ketones (excluding diaryl/α,β-unsaturated/α-hetero) is 1. The van der Waals surface area contributed by atoms with Gasteiger partial charge in [0.1, 0.15) is 5.75 Å². The van der Waals surface area contributed by atoms with Gasteiger partial charge in [-0.2, -0.15) is 4.73 Å². The van der Waals surface area contributed by atoms with Gasteiger partial charge < -0.3 is 15.3 Å². The molecule has 1 atom stereocenters. The number of pyridine rings is 1. The molecule has 1 amide bonds. The number of aromatic nitrogens is 1. The molecule has 0 unspecified atom stereocenters. The summed E-state index contributed by atoms with van der Waals surface area (Å²) in [7, 11) is 0. The second kappa shape index (κ2) is 6.29. The molecular formula is C16H14N2O4S. The first kappa shape index (κ1) is 15.4. The van der Waals surface area contributed by atoms with Gasteiger partial charge in [0.2, 0.25) is 0 Å². The lowest BCUT2D eigenvalue weighted by molar-refractivity contribution is -0.645. The van der Waals surface area contributed by atoms with Crippen LogP contribution in [0.3, 0.4) is 0 Å². The summed E-state index contributed by atoms with van der Waals surface area (Å²) in [6.45, 7) is 1.72. The summed E-state index contributed by atoms with van der Waals surface area (Å²) in [6.07, 6.45) is 1.39. The summed E-state index contributed by atoms with van der Waals surface area (Å²) in [5.74, 6) is 0.171. The van der Waals surface area contributed by atoms with E-state index >= 15 is 0 Å². The van der Waals surface area contributed by atoms with E-state index < -0.39 is 5.25 Å². The van der Waals surface area contributed by atoms with Crippen molar-refractivity contribution in [3.8, 4) is 5.75 Å². The summed E-state index contributed by atoms with van der Waals surface area (Å²) < 4.78 is 6.00. The highest BCUT2D eigenvalue weighted by atomic mass is 32.2. The van der Waals surface area contributed by atoms with Crippen molar-refractivity contribution in [1.29, 1.82) is 0 Å². The average molecular weight is 330 g/mol. The molecule has 0 bridgehead atoms. The Morgan fingerprint density at radius 1 is 1.39 bits per heavy atom. The molecule has 1 aliphatic heterocycles. The summed E-state index contributed by atoms with van der Waals surface area (Å²) in [5.41, 5.74) is 0.950. The number of carbonyl (C=O) groups is 2. The maximum Gasteiger partial charge on any atom is 0.262 e. The largest absolute Gasteiger partial charge is 0.618 e. The fraction of sp³-hybridized carbons (Fsp3) is 0.188. The normalized spacial score (nSPS) is 14.4. The van der Waals surface area contributed by atoms with Crippen molar-refractivity contribution in [3.63, 3.8) is 0 Å². The topological polar surface area (TPSA) is 82.3 Å². The monoisotopic (exact) mass is 330 g/mol. The van der Waals surface area contributed by atoms with E-state index in [-0.39, 0.29) is 18.3 Å². The minimum Gasteiger partial charge on any atom is -0.618 e. The average Bonchev–Trinajstić information content (AvgIpc) is 2.55. The van der Waals surface area contributed by atoms with E-state index in [1.54, 1.807) is 43.3 Å². The molecule has 0 saturated carbocycles. The second-order valence-corrected chi connectivity index (χ2v) is 6.40. The number of hydrogen-bond donors (Lipinski definition) is 1. The standard InChI is InChI=1S/C16H14N2O4S/c1-10(23-15-4-2-3-7-18(15)21)16(20)11-5-6-13-12(8-11)17-14(19)9-22-13/h2-8,10H,9H2,1H3,(H,17,19)/t10-/m0/s1. The number of benzene rings is 1. The number of ketones is 1. The maximum absolute atomic E-state index is 12.5. The molecule has 1 aromatic heterocycles. The van der Waals surface area contributed by atoms with Crippen LogP contribution in [0.25, 0.3) is 0 Å². The summed E-state index contributed by atoms with van der Waals surface area (Å²) >= 11 is 1.19.